The van der Waals surface area contributed by atoms with Crippen LogP contribution < -0.4 is 17.0 Å². The quantitative estimate of drug-likeness (QED) is 0.0648. The van der Waals surface area contributed by atoms with Crippen molar-refractivity contribution in [3.63, 3.8) is 0 Å². The number of phosphoric ester groups is 1. The van der Waals surface area contributed by atoms with Gasteiger partial charge in [-0.25, -0.2) is 19.1 Å². The van der Waals surface area contributed by atoms with Crippen molar-refractivity contribution in [2.75, 3.05) is 24.7 Å². The van der Waals surface area contributed by atoms with Crippen LogP contribution in [0.1, 0.15) is 12.5 Å². The Morgan fingerprint density at radius 1 is 1.00 bits per heavy atom. The molecule has 6 heterocycles. The monoisotopic (exact) mass is 694 g/mol. The van der Waals surface area contributed by atoms with Crippen LogP contribution in [-0.2, 0) is 27.7 Å². The van der Waals surface area contributed by atoms with Crippen molar-refractivity contribution >= 4 is 50.6 Å². The highest BCUT2D eigenvalue weighted by Gasteiger charge is 2.50. The summed E-state index contributed by atoms with van der Waals surface area (Å²) in [6.07, 6.45) is -11.2. The van der Waals surface area contributed by atoms with Crippen LogP contribution in [0.3, 0.4) is 0 Å². The van der Waals surface area contributed by atoms with E-state index >= 15 is 0 Å². The number of aromatic nitrogens is 8. The number of halogens is 1. The van der Waals surface area contributed by atoms with E-state index in [2.05, 4.69) is 29.9 Å². The van der Waals surface area contributed by atoms with Gasteiger partial charge in [-0.15, -0.1) is 0 Å². The van der Waals surface area contributed by atoms with Crippen molar-refractivity contribution in [1.29, 1.82) is 0 Å². The molecule has 26 heteroatoms. The number of phosphoric acid groups is 1. The minimum Gasteiger partial charge on any atom is -0.394 e. The number of aliphatic hydroxyl groups excluding tert-OH is 4. The van der Waals surface area contributed by atoms with Crippen molar-refractivity contribution in [2.45, 2.75) is 49.1 Å². The molecule has 250 valence electrons. The number of hydrogen-bond acceptors (Lipinski definition) is 18. The first kappa shape index (κ1) is 33.7. The predicted octanol–water partition coefficient (Wildman–Crippen LogP) is -3.18. The van der Waals surface area contributed by atoms with Crippen LogP contribution >= 0.6 is 16.5 Å². The van der Waals surface area contributed by atoms with Gasteiger partial charge < -0.3 is 51.2 Å². The van der Waals surface area contributed by atoms with Gasteiger partial charge in [0.1, 0.15) is 36.6 Å². The molecule has 0 amide bonds. The number of ether oxygens (including phenoxy) is 2. The Morgan fingerprint density at radius 3 is 2.28 bits per heavy atom. The number of fused-ring (bicyclic) bond motifs is 2. The molecule has 2 aliphatic rings. The third kappa shape index (κ3) is 6.33. The first-order chi connectivity index (χ1) is 21.8. The zero-order valence-electron chi connectivity index (χ0n) is 22.8. The van der Waals surface area contributed by atoms with Crippen LogP contribution in [0.25, 0.3) is 22.3 Å². The van der Waals surface area contributed by atoms with E-state index < -0.39 is 90.4 Å². The molecule has 2 saturated heterocycles. The van der Waals surface area contributed by atoms with Gasteiger partial charge in [0.05, 0.1) is 25.9 Å². The summed E-state index contributed by atoms with van der Waals surface area (Å²) in [6.45, 7) is -1.54. The fourth-order valence-electron chi connectivity index (χ4n) is 4.88. The summed E-state index contributed by atoms with van der Waals surface area (Å²) in [5.41, 5.74) is 10.2. The second kappa shape index (κ2) is 13.2. The third-order valence-corrected chi connectivity index (χ3v) is 7.89. The molecular weight excluding hydrogens is 669 g/mol. The molecular formula is C20H25FN10O13P2. The van der Waals surface area contributed by atoms with Gasteiger partial charge in [0.2, 0.25) is 5.95 Å². The van der Waals surface area contributed by atoms with Gasteiger partial charge in [-0.1, -0.05) is 0 Å². The second-order valence-electron chi connectivity index (χ2n) is 9.68. The molecule has 23 nitrogen and oxygen atoms in total. The molecule has 0 bridgehead atoms. The van der Waals surface area contributed by atoms with Crippen molar-refractivity contribution in [1.82, 2.24) is 39.0 Å². The van der Waals surface area contributed by atoms with Crippen LogP contribution in [0.5, 0.6) is 0 Å². The summed E-state index contributed by atoms with van der Waals surface area (Å²) in [5.74, 6) is -0.549. The molecule has 0 spiro atoms. The molecule has 0 radical (unpaired) electrons. The molecule has 9 atom stereocenters. The summed E-state index contributed by atoms with van der Waals surface area (Å²) in [6, 6.07) is 0. The SMILES string of the molecule is Nc1nc2c(ncn2[C@@H]2O[C@H](CO)[C@@H](O)[C@H]2OP(=O)(O)OC[C@H]2O[C@@H](n3cnc4c(N)nc(F)nc43)[C@H](O)[C@@H]2O)c(=O)[nH]1.O=PO. The lowest BCUT2D eigenvalue weighted by atomic mass is 10.1. The van der Waals surface area contributed by atoms with E-state index in [-0.39, 0.29) is 34.1 Å². The molecule has 46 heavy (non-hydrogen) atoms. The number of hydrogen-bond donors (Lipinski definition) is 9. The van der Waals surface area contributed by atoms with Gasteiger partial charge >= 0.3 is 22.6 Å². The summed E-state index contributed by atoms with van der Waals surface area (Å²) in [5, 5.41) is 41.4. The Kier molecular flexibility index (Phi) is 9.70. The molecule has 0 saturated carbocycles. The number of anilines is 2. The van der Waals surface area contributed by atoms with Crippen LogP contribution in [-0.4, -0.2) is 119 Å². The normalized spacial score (nSPS) is 29.3. The number of nitrogens with two attached hydrogens (primary N) is 2. The van der Waals surface area contributed by atoms with Gasteiger partial charge in [-0.3, -0.25) is 28.0 Å². The second-order valence-corrected chi connectivity index (χ2v) is 11.2. The van der Waals surface area contributed by atoms with Gasteiger partial charge in [0.15, 0.2) is 40.6 Å². The Labute approximate surface area is 255 Å². The van der Waals surface area contributed by atoms with Crippen LogP contribution in [0, 0.1) is 6.08 Å². The topological polar surface area (TPSA) is 352 Å². The van der Waals surface area contributed by atoms with Crippen LogP contribution in [0.2, 0.25) is 0 Å². The lowest BCUT2D eigenvalue weighted by Crippen LogP contribution is -2.36. The summed E-state index contributed by atoms with van der Waals surface area (Å²) < 4.78 is 58.8. The Balaban J connectivity index is 0.00000134. The van der Waals surface area contributed by atoms with Crippen molar-refractivity contribution in [2.24, 2.45) is 0 Å². The van der Waals surface area contributed by atoms with Crippen molar-refractivity contribution in [3.05, 3.63) is 29.1 Å². The highest BCUT2D eigenvalue weighted by molar-refractivity contribution is 7.47. The van der Waals surface area contributed by atoms with Gasteiger partial charge in [0.25, 0.3) is 5.56 Å². The molecule has 6 rings (SSSR count). The van der Waals surface area contributed by atoms with E-state index in [0.717, 1.165) is 21.8 Å². The molecule has 11 N–H and O–H groups in total. The maximum atomic E-state index is 13.8. The molecule has 4 aromatic rings. The molecule has 2 fully saturated rings. The average Bonchev–Trinajstić information content (AvgIpc) is 3.74. The largest absolute Gasteiger partial charge is 0.472 e. The van der Waals surface area contributed by atoms with E-state index in [4.69, 9.17) is 39.4 Å². The zero-order valence-corrected chi connectivity index (χ0v) is 24.6. The van der Waals surface area contributed by atoms with Crippen LogP contribution in [0.15, 0.2) is 17.4 Å². The Morgan fingerprint density at radius 2 is 1.61 bits per heavy atom. The summed E-state index contributed by atoms with van der Waals surface area (Å²) in [4.78, 5) is 50.7. The van der Waals surface area contributed by atoms with E-state index in [1.807, 2.05) is 0 Å². The maximum Gasteiger partial charge on any atom is 0.472 e. The molecule has 4 aromatic heterocycles. The number of nitrogens with zero attached hydrogens (tertiary/aromatic N) is 7. The minimum atomic E-state index is -5.11. The van der Waals surface area contributed by atoms with E-state index in [9.17, 15) is 39.1 Å². The van der Waals surface area contributed by atoms with Gasteiger partial charge in [-0.2, -0.15) is 19.3 Å². The van der Waals surface area contributed by atoms with E-state index in [1.165, 1.54) is 0 Å². The summed E-state index contributed by atoms with van der Waals surface area (Å²) in [7, 11) is -5.95. The first-order valence-corrected chi connectivity index (χ1v) is 15.0. The lowest BCUT2D eigenvalue weighted by Gasteiger charge is -2.24. The van der Waals surface area contributed by atoms with E-state index in [0.29, 0.717) is 0 Å². The Hall–Kier alpha value is -3.64. The Bertz CT molecular complexity index is 1840. The number of nitrogens with one attached hydrogen (secondary N) is 1. The first-order valence-electron chi connectivity index (χ1n) is 12.8. The molecule has 1 unspecified atom stereocenters. The number of nitrogen functional groups attached to an aromatic ring is 2. The minimum absolute atomic E-state index is 0.000825. The average molecular weight is 694 g/mol. The number of H-pyrrole nitrogens is 1. The highest BCUT2D eigenvalue weighted by Crippen LogP contribution is 2.50. The van der Waals surface area contributed by atoms with E-state index in [1.54, 1.807) is 0 Å². The third-order valence-electron chi connectivity index (χ3n) is 6.91. The van der Waals surface area contributed by atoms with Gasteiger partial charge in [-0.05, 0) is 0 Å². The standard InChI is InChI=1S/C20H24FN10O11P.HO2P/c21-19-26-13(22)7-14(27-19)30(3-24-7)17-11(35)9(33)6(41-17)2-39-43(37,38)42-12-10(34)5(1-32)40-18(12)31-4-25-8-15(31)28-20(23)29-16(8)36;1-3-2/h3-6,9-12,17-18,32-35H,1-2H2,(H,37,38)(H2,22,26,27)(H3,23,28,29,36);(H,1,2)/t5-,6-,9-,10-,11-,12-,17-,18-;/m1./s1. The number of aliphatic hydroxyl groups is 4. The fraction of sp³-hybridized carbons (Fsp3) is 0.500. The zero-order chi connectivity index (χ0) is 33.5. The van der Waals surface area contributed by atoms with Crippen molar-refractivity contribution < 1.29 is 62.3 Å². The summed E-state index contributed by atoms with van der Waals surface area (Å²) >= 11 is 0. The molecule has 0 aromatic carbocycles. The van der Waals surface area contributed by atoms with Crippen molar-refractivity contribution in [3.8, 4) is 0 Å². The van der Waals surface area contributed by atoms with Crippen LogP contribution in [0.4, 0.5) is 16.2 Å². The van der Waals surface area contributed by atoms with Gasteiger partial charge in [0, 0.05) is 0 Å². The predicted molar refractivity (Wildman–Crippen MR) is 146 cm³/mol. The lowest BCUT2D eigenvalue weighted by molar-refractivity contribution is -0.0616. The fourth-order valence-corrected chi connectivity index (χ4v) is 5.81. The smallest absolute Gasteiger partial charge is 0.394 e. The number of imidazole rings is 2. The number of rotatable bonds is 8. The number of aromatic amines is 1. The molecule has 0 aliphatic carbocycles. The molecule has 2 aliphatic heterocycles. The highest BCUT2D eigenvalue weighted by atomic mass is 31.2. The maximum absolute atomic E-state index is 13.8.